The first-order valence-corrected chi connectivity index (χ1v) is 6.69. The Balaban J connectivity index is 1.72. The van der Waals surface area contributed by atoms with E-state index in [-0.39, 0.29) is 5.75 Å². The van der Waals surface area contributed by atoms with Gasteiger partial charge < -0.3 is 10.1 Å². The fourth-order valence-corrected chi connectivity index (χ4v) is 1.86. The third-order valence-corrected chi connectivity index (χ3v) is 3.11. The molecule has 1 fully saturated rings. The molecule has 0 atom stereocenters. The highest BCUT2D eigenvalue weighted by molar-refractivity contribution is 5.32. The van der Waals surface area contributed by atoms with Crippen LogP contribution in [0.25, 0.3) is 0 Å². The Labute approximate surface area is 117 Å². The number of hydrogen-bond acceptors (Lipinski definition) is 4. The smallest absolute Gasteiger partial charge is 0.238 e. The van der Waals surface area contributed by atoms with Gasteiger partial charge in [-0.3, -0.25) is 4.98 Å². The van der Waals surface area contributed by atoms with Crippen molar-refractivity contribution in [2.45, 2.75) is 32.4 Å². The zero-order valence-corrected chi connectivity index (χ0v) is 11.3. The Morgan fingerprint density at radius 2 is 2.20 bits per heavy atom. The molecule has 20 heavy (non-hydrogen) atoms. The van der Waals surface area contributed by atoms with E-state index in [1.165, 1.54) is 25.1 Å². The topological polar surface area (TPSA) is 47.0 Å². The van der Waals surface area contributed by atoms with Crippen molar-refractivity contribution in [2.24, 2.45) is 0 Å². The van der Waals surface area contributed by atoms with Crippen molar-refractivity contribution < 1.29 is 9.13 Å². The summed E-state index contributed by atoms with van der Waals surface area (Å²) in [4.78, 5) is 8.41. The van der Waals surface area contributed by atoms with Crippen molar-refractivity contribution in [3.8, 4) is 11.6 Å². The molecule has 2 aromatic rings. The number of nitrogens with one attached hydrogen (secondary N) is 1. The van der Waals surface area contributed by atoms with Crippen LogP contribution in [0.4, 0.5) is 4.39 Å². The summed E-state index contributed by atoms with van der Waals surface area (Å²) >= 11 is 0. The molecule has 4 nitrogen and oxygen atoms in total. The fourth-order valence-electron chi connectivity index (χ4n) is 1.86. The zero-order valence-electron chi connectivity index (χ0n) is 11.3. The molecule has 0 spiro atoms. The molecule has 0 amide bonds. The molecule has 1 aromatic carbocycles. The van der Waals surface area contributed by atoms with E-state index in [9.17, 15) is 4.39 Å². The van der Waals surface area contributed by atoms with Crippen LogP contribution in [0.15, 0.2) is 30.6 Å². The van der Waals surface area contributed by atoms with Crippen molar-refractivity contribution in [1.82, 2.24) is 15.3 Å². The molecule has 0 aliphatic heterocycles. The molecule has 104 valence electrons. The second kappa shape index (κ2) is 5.54. The third-order valence-electron chi connectivity index (χ3n) is 3.11. The summed E-state index contributed by atoms with van der Waals surface area (Å²) in [7, 11) is 0. The molecule has 5 heteroatoms. The second-order valence-electron chi connectivity index (χ2n) is 5.04. The molecule has 1 aromatic heterocycles. The van der Waals surface area contributed by atoms with Crippen molar-refractivity contribution in [3.63, 3.8) is 0 Å². The van der Waals surface area contributed by atoms with Crippen molar-refractivity contribution in [1.29, 1.82) is 0 Å². The average Bonchev–Trinajstić information content (AvgIpc) is 3.25. The Morgan fingerprint density at radius 3 is 3.00 bits per heavy atom. The Kier molecular flexibility index (Phi) is 3.60. The van der Waals surface area contributed by atoms with Crippen LogP contribution in [0.3, 0.4) is 0 Å². The van der Waals surface area contributed by atoms with E-state index in [0.29, 0.717) is 18.5 Å². The number of nitrogens with zero attached hydrogens (tertiary/aromatic N) is 2. The SMILES string of the molecule is Cc1ccc(F)c(Oc2cncc(CNC3CC3)n2)c1. The second-order valence-corrected chi connectivity index (χ2v) is 5.04. The Hall–Kier alpha value is -2.01. The summed E-state index contributed by atoms with van der Waals surface area (Å²) in [5.41, 5.74) is 1.73. The van der Waals surface area contributed by atoms with Crippen LogP contribution < -0.4 is 10.1 Å². The first kappa shape index (κ1) is 13.0. The largest absolute Gasteiger partial charge is 0.434 e. The van der Waals surface area contributed by atoms with Crippen molar-refractivity contribution in [2.75, 3.05) is 0 Å². The molecule has 0 unspecified atom stereocenters. The lowest BCUT2D eigenvalue weighted by Crippen LogP contribution is -2.16. The predicted octanol–water partition coefficient (Wildman–Crippen LogP) is 2.97. The van der Waals surface area contributed by atoms with E-state index < -0.39 is 5.82 Å². The minimum absolute atomic E-state index is 0.173. The summed E-state index contributed by atoms with van der Waals surface area (Å²) in [5, 5.41) is 3.35. The summed E-state index contributed by atoms with van der Waals surface area (Å²) in [6.07, 6.45) is 5.62. The molecule has 3 rings (SSSR count). The van der Waals surface area contributed by atoms with Crippen LogP contribution in [0, 0.1) is 12.7 Å². The van der Waals surface area contributed by atoms with E-state index in [4.69, 9.17) is 4.74 Å². The molecule has 1 aliphatic rings. The van der Waals surface area contributed by atoms with Gasteiger partial charge in [-0.25, -0.2) is 9.37 Å². The van der Waals surface area contributed by atoms with E-state index in [1.54, 1.807) is 18.3 Å². The molecule has 0 radical (unpaired) electrons. The molecular weight excluding hydrogens is 257 g/mol. The molecule has 0 bridgehead atoms. The maximum atomic E-state index is 13.6. The van der Waals surface area contributed by atoms with Gasteiger partial charge in [0.05, 0.1) is 11.9 Å². The highest BCUT2D eigenvalue weighted by Gasteiger charge is 2.20. The number of benzene rings is 1. The highest BCUT2D eigenvalue weighted by atomic mass is 19.1. The number of aryl methyl sites for hydroxylation is 1. The number of ether oxygens (including phenoxy) is 1. The lowest BCUT2D eigenvalue weighted by Gasteiger charge is -2.08. The van der Waals surface area contributed by atoms with Crippen LogP contribution in [-0.4, -0.2) is 16.0 Å². The summed E-state index contributed by atoms with van der Waals surface area (Å²) in [5.74, 6) is 0.0788. The number of rotatable bonds is 5. The minimum Gasteiger partial charge on any atom is -0.434 e. The van der Waals surface area contributed by atoms with Crippen LogP contribution in [0.2, 0.25) is 0 Å². The maximum Gasteiger partial charge on any atom is 0.238 e. The first-order valence-electron chi connectivity index (χ1n) is 6.69. The van der Waals surface area contributed by atoms with Crippen molar-refractivity contribution >= 4 is 0 Å². The van der Waals surface area contributed by atoms with Crippen LogP contribution >= 0.6 is 0 Å². The van der Waals surface area contributed by atoms with Gasteiger partial charge in [-0.15, -0.1) is 0 Å². The van der Waals surface area contributed by atoms with E-state index in [0.717, 1.165) is 11.3 Å². The van der Waals surface area contributed by atoms with Gasteiger partial charge in [-0.1, -0.05) is 6.07 Å². The molecule has 1 heterocycles. The highest BCUT2D eigenvalue weighted by Crippen LogP contribution is 2.24. The van der Waals surface area contributed by atoms with Gasteiger partial charge in [0.1, 0.15) is 0 Å². The van der Waals surface area contributed by atoms with Gasteiger partial charge in [0.15, 0.2) is 11.6 Å². The first-order chi connectivity index (χ1) is 9.70. The zero-order chi connectivity index (χ0) is 13.9. The van der Waals surface area contributed by atoms with Gasteiger partial charge in [-0.05, 0) is 37.5 Å². The van der Waals surface area contributed by atoms with Crippen molar-refractivity contribution in [3.05, 3.63) is 47.7 Å². The van der Waals surface area contributed by atoms with E-state index >= 15 is 0 Å². The lowest BCUT2D eigenvalue weighted by molar-refractivity contribution is 0.422. The normalized spacial score (nSPS) is 14.3. The van der Waals surface area contributed by atoms with Gasteiger partial charge in [0, 0.05) is 18.8 Å². The standard InChI is InChI=1S/C15H16FN3O/c1-10-2-5-13(16)14(6-10)20-15-9-17-7-12(19-15)8-18-11-3-4-11/h2,5-7,9,11,18H,3-4,8H2,1H3. The Morgan fingerprint density at radius 1 is 1.35 bits per heavy atom. The average molecular weight is 273 g/mol. The quantitative estimate of drug-likeness (QED) is 0.909. The molecular formula is C15H16FN3O. The lowest BCUT2D eigenvalue weighted by atomic mass is 10.2. The maximum absolute atomic E-state index is 13.6. The van der Waals surface area contributed by atoms with Gasteiger partial charge >= 0.3 is 0 Å². The van der Waals surface area contributed by atoms with Crippen LogP contribution in [0.5, 0.6) is 11.6 Å². The molecule has 1 aliphatic carbocycles. The van der Waals surface area contributed by atoms with E-state index in [2.05, 4.69) is 15.3 Å². The summed E-state index contributed by atoms with van der Waals surface area (Å²) in [6.45, 7) is 2.54. The fraction of sp³-hybridized carbons (Fsp3) is 0.333. The number of aromatic nitrogens is 2. The van der Waals surface area contributed by atoms with Crippen LogP contribution in [-0.2, 0) is 6.54 Å². The van der Waals surface area contributed by atoms with Gasteiger partial charge in [-0.2, -0.15) is 0 Å². The van der Waals surface area contributed by atoms with Gasteiger partial charge in [0.2, 0.25) is 5.88 Å². The van der Waals surface area contributed by atoms with E-state index in [1.807, 2.05) is 6.92 Å². The summed E-state index contributed by atoms with van der Waals surface area (Å²) < 4.78 is 19.1. The third kappa shape index (κ3) is 3.30. The number of halogens is 1. The molecule has 0 saturated heterocycles. The number of hydrogen-bond donors (Lipinski definition) is 1. The van der Waals surface area contributed by atoms with Gasteiger partial charge in [0.25, 0.3) is 0 Å². The summed E-state index contributed by atoms with van der Waals surface area (Å²) in [6, 6.07) is 5.34. The minimum atomic E-state index is -0.404. The predicted molar refractivity (Wildman–Crippen MR) is 73.1 cm³/mol. The molecule has 1 N–H and O–H groups in total. The monoisotopic (exact) mass is 273 g/mol. The molecule has 1 saturated carbocycles. The van der Waals surface area contributed by atoms with Crippen LogP contribution in [0.1, 0.15) is 24.1 Å². The Bertz CT molecular complexity index is 614.